The van der Waals surface area contributed by atoms with Crippen molar-refractivity contribution in [1.29, 1.82) is 0 Å². The number of hydrogen-bond donors (Lipinski definition) is 1. The lowest BCUT2D eigenvalue weighted by Gasteiger charge is -2.35. The van der Waals surface area contributed by atoms with Gasteiger partial charge in [-0.2, -0.15) is 0 Å². The zero-order chi connectivity index (χ0) is 14.4. The van der Waals surface area contributed by atoms with Crippen LogP contribution in [0.4, 0.5) is 0 Å². The maximum absolute atomic E-state index is 10.0. The molecule has 1 aliphatic carbocycles. The first kappa shape index (κ1) is 15.5. The summed E-state index contributed by atoms with van der Waals surface area (Å²) < 4.78 is 10.7. The molecule has 3 unspecified atom stereocenters. The lowest BCUT2D eigenvalue weighted by atomic mass is 9.86. The predicted octanol–water partition coefficient (Wildman–Crippen LogP) is 2.67. The monoisotopic (exact) mass is 281 g/mol. The van der Waals surface area contributed by atoms with Gasteiger partial charge < -0.3 is 19.2 Å². The second-order valence-corrected chi connectivity index (χ2v) is 6.11. The first-order valence-electron chi connectivity index (χ1n) is 7.63. The first-order chi connectivity index (χ1) is 9.65. The fraction of sp³-hybridized carbons (Fsp3) is 0.750. The number of nitrogens with zero attached hydrogens (tertiary/aromatic N) is 1. The third-order valence-electron chi connectivity index (χ3n) is 4.17. The van der Waals surface area contributed by atoms with Gasteiger partial charge in [0.2, 0.25) is 0 Å². The molecule has 1 N–H and O–H groups in total. The predicted molar refractivity (Wildman–Crippen MR) is 78.4 cm³/mol. The molecule has 4 nitrogen and oxygen atoms in total. The summed E-state index contributed by atoms with van der Waals surface area (Å²) in [6.45, 7) is 3.78. The van der Waals surface area contributed by atoms with E-state index in [1.54, 1.807) is 6.26 Å². The van der Waals surface area contributed by atoms with E-state index in [0.29, 0.717) is 25.8 Å². The summed E-state index contributed by atoms with van der Waals surface area (Å²) in [6, 6.07) is 4.33. The Labute approximate surface area is 121 Å². The van der Waals surface area contributed by atoms with Crippen molar-refractivity contribution in [2.75, 3.05) is 20.2 Å². The van der Waals surface area contributed by atoms with Crippen molar-refractivity contribution in [3.8, 4) is 0 Å². The molecule has 1 aliphatic rings. The Morgan fingerprint density at radius 2 is 2.35 bits per heavy atom. The van der Waals surface area contributed by atoms with Gasteiger partial charge in [-0.15, -0.1) is 0 Å². The highest BCUT2D eigenvalue weighted by Crippen LogP contribution is 2.26. The summed E-state index contributed by atoms with van der Waals surface area (Å²) in [6.07, 6.45) is 6.34. The number of rotatable bonds is 7. The van der Waals surface area contributed by atoms with E-state index in [1.165, 1.54) is 25.7 Å². The summed E-state index contributed by atoms with van der Waals surface area (Å²) in [5, 5.41) is 10.0. The standard InChI is InChI=1S/C16H27NO3/c1-13-5-3-6-14(9-13)17(2)10-15(18)11-19-12-16-7-4-8-20-16/h4,7-8,13-15,18H,3,5-6,9-12H2,1-2H3. The Hall–Kier alpha value is -0.840. The second-order valence-electron chi connectivity index (χ2n) is 6.11. The summed E-state index contributed by atoms with van der Waals surface area (Å²) in [4.78, 5) is 2.29. The number of aliphatic hydroxyl groups is 1. The van der Waals surface area contributed by atoms with Crippen LogP contribution in [0.2, 0.25) is 0 Å². The number of likely N-dealkylation sites (N-methyl/N-ethyl adjacent to an activating group) is 1. The number of furan rings is 1. The number of hydrogen-bond acceptors (Lipinski definition) is 4. The van der Waals surface area contributed by atoms with Crippen LogP contribution in [0, 0.1) is 5.92 Å². The molecule has 114 valence electrons. The molecule has 0 aliphatic heterocycles. The molecule has 0 spiro atoms. The van der Waals surface area contributed by atoms with E-state index < -0.39 is 6.10 Å². The Kier molecular flexibility index (Phi) is 6.07. The van der Waals surface area contributed by atoms with Crippen molar-refractivity contribution in [3.63, 3.8) is 0 Å². The van der Waals surface area contributed by atoms with Crippen LogP contribution >= 0.6 is 0 Å². The van der Waals surface area contributed by atoms with Crippen molar-refractivity contribution in [3.05, 3.63) is 24.2 Å². The highest BCUT2D eigenvalue weighted by molar-refractivity contribution is 4.96. The lowest BCUT2D eigenvalue weighted by molar-refractivity contribution is -0.00101. The Bertz CT molecular complexity index is 366. The molecule has 0 aromatic carbocycles. The minimum absolute atomic E-state index is 0.354. The van der Waals surface area contributed by atoms with Gasteiger partial charge in [0.15, 0.2) is 0 Å². The summed E-state index contributed by atoms with van der Waals surface area (Å²) in [5.41, 5.74) is 0. The van der Waals surface area contributed by atoms with Crippen molar-refractivity contribution >= 4 is 0 Å². The molecule has 1 fully saturated rings. The third kappa shape index (κ3) is 4.93. The van der Waals surface area contributed by atoms with Gasteiger partial charge in [-0.1, -0.05) is 19.8 Å². The molecule has 1 heterocycles. The van der Waals surface area contributed by atoms with Gasteiger partial charge in [-0.25, -0.2) is 0 Å². The van der Waals surface area contributed by atoms with Crippen LogP contribution in [0.15, 0.2) is 22.8 Å². The molecule has 0 amide bonds. The van der Waals surface area contributed by atoms with Crippen LogP contribution < -0.4 is 0 Å². The highest BCUT2D eigenvalue weighted by atomic mass is 16.5. The Morgan fingerprint density at radius 3 is 3.05 bits per heavy atom. The molecular weight excluding hydrogens is 254 g/mol. The van der Waals surface area contributed by atoms with Crippen LogP contribution in [0.3, 0.4) is 0 Å². The quantitative estimate of drug-likeness (QED) is 0.834. The van der Waals surface area contributed by atoms with E-state index in [2.05, 4.69) is 18.9 Å². The molecule has 0 bridgehead atoms. The number of aliphatic hydroxyl groups excluding tert-OH is 1. The van der Waals surface area contributed by atoms with Crippen molar-refractivity contribution in [2.45, 2.75) is 51.4 Å². The SMILES string of the molecule is CC1CCCC(N(C)CC(O)COCc2ccco2)C1. The molecule has 3 atom stereocenters. The smallest absolute Gasteiger partial charge is 0.129 e. The summed E-state index contributed by atoms with van der Waals surface area (Å²) in [5.74, 6) is 1.61. The van der Waals surface area contributed by atoms with Gasteiger partial charge in [0.1, 0.15) is 12.4 Å². The molecular formula is C16H27NO3. The van der Waals surface area contributed by atoms with Crippen LogP contribution in [0.25, 0.3) is 0 Å². The van der Waals surface area contributed by atoms with E-state index in [9.17, 15) is 5.11 Å². The molecule has 4 heteroatoms. The molecule has 20 heavy (non-hydrogen) atoms. The van der Waals surface area contributed by atoms with Crippen molar-refractivity contribution in [2.24, 2.45) is 5.92 Å². The zero-order valence-corrected chi connectivity index (χ0v) is 12.6. The van der Waals surface area contributed by atoms with E-state index in [4.69, 9.17) is 9.15 Å². The fourth-order valence-electron chi connectivity index (χ4n) is 3.03. The van der Waals surface area contributed by atoms with E-state index in [0.717, 1.165) is 11.7 Å². The van der Waals surface area contributed by atoms with Gasteiger partial charge in [0, 0.05) is 12.6 Å². The Balaban J connectivity index is 1.64. The third-order valence-corrected chi connectivity index (χ3v) is 4.17. The molecule has 2 rings (SSSR count). The van der Waals surface area contributed by atoms with Gasteiger partial charge in [0.25, 0.3) is 0 Å². The average Bonchev–Trinajstić information content (AvgIpc) is 2.92. The summed E-state index contributed by atoms with van der Waals surface area (Å²) >= 11 is 0. The van der Waals surface area contributed by atoms with Crippen molar-refractivity contribution < 1.29 is 14.3 Å². The van der Waals surface area contributed by atoms with Gasteiger partial charge in [0.05, 0.1) is 19.0 Å². The zero-order valence-electron chi connectivity index (χ0n) is 12.6. The summed E-state index contributed by atoms with van der Waals surface area (Å²) in [7, 11) is 2.11. The normalized spacial score (nSPS) is 25.0. The number of ether oxygens (including phenoxy) is 1. The molecule has 1 aromatic rings. The van der Waals surface area contributed by atoms with Crippen LogP contribution in [0.1, 0.15) is 38.4 Å². The maximum atomic E-state index is 10.0. The first-order valence-corrected chi connectivity index (χ1v) is 7.63. The van der Waals surface area contributed by atoms with Gasteiger partial charge >= 0.3 is 0 Å². The molecule has 0 radical (unpaired) electrons. The molecule has 1 aromatic heterocycles. The maximum Gasteiger partial charge on any atom is 0.129 e. The van der Waals surface area contributed by atoms with Crippen molar-refractivity contribution in [1.82, 2.24) is 4.90 Å². The second kappa shape index (κ2) is 7.81. The van der Waals surface area contributed by atoms with Crippen LogP contribution in [-0.2, 0) is 11.3 Å². The van der Waals surface area contributed by atoms with Gasteiger partial charge in [-0.3, -0.25) is 0 Å². The van der Waals surface area contributed by atoms with E-state index in [1.807, 2.05) is 12.1 Å². The van der Waals surface area contributed by atoms with Crippen LogP contribution in [0.5, 0.6) is 0 Å². The topological polar surface area (TPSA) is 45.8 Å². The Morgan fingerprint density at radius 1 is 1.50 bits per heavy atom. The average molecular weight is 281 g/mol. The van der Waals surface area contributed by atoms with E-state index in [-0.39, 0.29) is 0 Å². The van der Waals surface area contributed by atoms with Gasteiger partial charge in [-0.05, 0) is 37.9 Å². The minimum atomic E-state index is -0.438. The fourth-order valence-corrected chi connectivity index (χ4v) is 3.03. The van der Waals surface area contributed by atoms with Crippen LogP contribution in [-0.4, -0.2) is 42.4 Å². The minimum Gasteiger partial charge on any atom is -0.467 e. The highest BCUT2D eigenvalue weighted by Gasteiger charge is 2.23. The molecule has 0 saturated heterocycles. The van der Waals surface area contributed by atoms with E-state index >= 15 is 0 Å². The largest absolute Gasteiger partial charge is 0.467 e. The lowest BCUT2D eigenvalue weighted by Crippen LogP contribution is -2.41. The molecule has 1 saturated carbocycles.